The molecule has 0 bridgehead atoms. The molecular formula is C20H19FN4O2S. The standard InChI is InChI=1S/C20H19FN4O2S/c1-14-12-24(7-8-25(14)20(26)17-6-3-9-28-17)18-11-19(23-13-22-18)27-16-5-2-4-15(21)10-16/h2-6,9-11,13-14H,7-8,12H2,1H3/t14-/m0/s1. The minimum atomic E-state index is -0.368. The quantitative estimate of drug-likeness (QED) is 0.669. The van der Waals surface area contributed by atoms with E-state index in [1.54, 1.807) is 18.2 Å². The molecule has 28 heavy (non-hydrogen) atoms. The lowest BCUT2D eigenvalue weighted by molar-refractivity contribution is 0.0678. The fourth-order valence-corrected chi connectivity index (χ4v) is 3.90. The van der Waals surface area contributed by atoms with Crippen LogP contribution in [0.4, 0.5) is 10.2 Å². The van der Waals surface area contributed by atoms with E-state index in [-0.39, 0.29) is 17.8 Å². The van der Waals surface area contributed by atoms with Gasteiger partial charge in [-0.3, -0.25) is 4.79 Å². The second kappa shape index (κ2) is 7.93. The summed E-state index contributed by atoms with van der Waals surface area (Å²) in [6.45, 7) is 3.97. The van der Waals surface area contributed by atoms with Gasteiger partial charge in [-0.2, -0.15) is 0 Å². The van der Waals surface area contributed by atoms with Crippen molar-refractivity contribution in [1.29, 1.82) is 0 Å². The van der Waals surface area contributed by atoms with Crippen LogP contribution in [0.2, 0.25) is 0 Å². The molecule has 8 heteroatoms. The highest BCUT2D eigenvalue weighted by Gasteiger charge is 2.29. The van der Waals surface area contributed by atoms with Crippen LogP contribution in [0.15, 0.2) is 54.2 Å². The predicted molar refractivity (Wildman–Crippen MR) is 106 cm³/mol. The van der Waals surface area contributed by atoms with Crippen LogP contribution in [0, 0.1) is 5.82 Å². The maximum Gasteiger partial charge on any atom is 0.264 e. The van der Waals surface area contributed by atoms with Crippen molar-refractivity contribution >= 4 is 23.1 Å². The molecule has 3 heterocycles. The third-order valence-corrected chi connectivity index (χ3v) is 5.45. The van der Waals surface area contributed by atoms with E-state index in [1.165, 1.54) is 29.8 Å². The number of benzene rings is 1. The van der Waals surface area contributed by atoms with Gasteiger partial charge in [0, 0.05) is 37.8 Å². The lowest BCUT2D eigenvalue weighted by Gasteiger charge is -2.40. The summed E-state index contributed by atoms with van der Waals surface area (Å²) in [5, 5.41) is 1.91. The van der Waals surface area contributed by atoms with Crippen LogP contribution in [0.5, 0.6) is 11.6 Å². The molecule has 1 atom stereocenters. The van der Waals surface area contributed by atoms with Crippen LogP contribution in [0.1, 0.15) is 16.6 Å². The van der Waals surface area contributed by atoms with Crippen molar-refractivity contribution in [2.24, 2.45) is 0 Å². The summed E-state index contributed by atoms with van der Waals surface area (Å²) in [4.78, 5) is 25.8. The lowest BCUT2D eigenvalue weighted by Crippen LogP contribution is -2.54. The minimum Gasteiger partial charge on any atom is -0.439 e. The molecule has 0 spiro atoms. The van der Waals surface area contributed by atoms with E-state index in [0.717, 1.165) is 10.7 Å². The zero-order valence-corrected chi connectivity index (χ0v) is 16.1. The van der Waals surface area contributed by atoms with Gasteiger partial charge in [0.05, 0.1) is 4.88 Å². The number of thiophene rings is 1. The number of aromatic nitrogens is 2. The largest absolute Gasteiger partial charge is 0.439 e. The van der Waals surface area contributed by atoms with Crippen molar-refractivity contribution in [2.45, 2.75) is 13.0 Å². The number of carbonyl (C=O) groups is 1. The molecule has 4 rings (SSSR count). The number of halogens is 1. The molecule has 3 aromatic rings. The summed E-state index contributed by atoms with van der Waals surface area (Å²) in [5.74, 6) is 1.15. The van der Waals surface area contributed by atoms with Crippen molar-refractivity contribution in [3.05, 3.63) is 64.9 Å². The molecule has 0 saturated carbocycles. The van der Waals surface area contributed by atoms with Crippen LogP contribution in [0.3, 0.4) is 0 Å². The number of ether oxygens (including phenoxy) is 1. The van der Waals surface area contributed by atoms with Gasteiger partial charge in [0.25, 0.3) is 5.91 Å². The van der Waals surface area contributed by atoms with Crippen LogP contribution in [-0.2, 0) is 0 Å². The predicted octanol–water partition coefficient (Wildman–Crippen LogP) is 3.82. The molecule has 0 radical (unpaired) electrons. The first kappa shape index (κ1) is 18.4. The van der Waals surface area contributed by atoms with E-state index in [9.17, 15) is 9.18 Å². The first-order valence-corrected chi connectivity index (χ1v) is 9.83. The van der Waals surface area contributed by atoms with Crippen molar-refractivity contribution in [1.82, 2.24) is 14.9 Å². The Balaban J connectivity index is 1.45. The minimum absolute atomic E-state index is 0.0471. The number of amides is 1. The number of rotatable bonds is 4. The Labute approximate surface area is 166 Å². The van der Waals surface area contributed by atoms with Crippen molar-refractivity contribution in [2.75, 3.05) is 24.5 Å². The van der Waals surface area contributed by atoms with E-state index in [0.29, 0.717) is 31.3 Å². The first-order chi connectivity index (χ1) is 13.6. The number of carbonyl (C=O) groups excluding carboxylic acids is 1. The fraction of sp³-hybridized carbons (Fsp3) is 0.250. The highest BCUT2D eigenvalue weighted by atomic mass is 32.1. The summed E-state index contributed by atoms with van der Waals surface area (Å²) in [6.07, 6.45) is 1.43. The van der Waals surface area contributed by atoms with Crippen molar-refractivity contribution in [3.63, 3.8) is 0 Å². The molecule has 1 saturated heterocycles. The molecule has 0 N–H and O–H groups in total. The molecule has 144 valence electrons. The summed E-state index contributed by atoms with van der Waals surface area (Å²) in [6, 6.07) is 11.4. The van der Waals surface area contributed by atoms with Crippen LogP contribution < -0.4 is 9.64 Å². The molecular weight excluding hydrogens is 379 g/mol. The molecule has 2 aromatic heterocycles. The highest BCUT2D eigenvalue weighted by Crippen LogP contribution is 2.25. The van der Waals surface area contributed by atoms with Crippen LogP contribution in [-0.4, -0.2) is 46.5 Å². The van der Waals surface area contributed by atoms with Gasteiger partial charge in [0.1, 0.15) is 23.7 Å². The van der Waals surface area contributed by atoms with Crippen LogP contribution >= 0.6 is 11.3 Å². The maximum atomic E-state index is 13.3. The van der Waals surface area contributed by atoms with Gasteiger partial charge >= 0.3 is 0 Å². The SMILES string of the molecule is C[C@H]1CN(c2cc(Oc3cccc(F)c3)ncn2)CCN1C(=O)c1cccs1. The van der Waals surface area contributed by atoms with Gasteiger partial charge in [-0.25, -0.2) is 14.4 Å². The van der Waals surface area contributed by atoms with E-state index < -0.39 is 0 Å². The monoisotopic (exact) mass is 398 g/mol. The van der Waals surface area contributed by atoms with E-state index in [1.807, 2.05) is 29.3 Å². The van der Waals surface area contributed by atoms with Gasteiger partial charge in [0.2, 0.25) is 5.88 Å². The average molecular weight is 398 g/mol. The van der Waals surface area contributed by atoms with E-state index >= 15 is 0 Å². The maximum absolute atomic E-state index is 13.3. The van der Waals surface area contributed by atoms with E-state index in [4.69, 9.17) is 4.74 Å². The number of anilines is 1. The number of hydrogen-bond donors (Lipinski definition) is 0. The normalized spacial score (nSPS) is 16.9. The molecule has 0 unspecified atom stereocenters. The van der Waals surface area contributed by atoms with Crippen molar-refractivity contribution in [3.8, 4) is 11.6 Å². The zero-order valence-electron chi connectivity index (χ0n) is 15.3. The summed E-state index contributed by atoms with van der Waals surface area (Å²) < 4.78 is 19.0. The molecule has 1 fully saturated rings. The Morgan fingerprint density at radius 1 is 1.21 bits per heavy atom. The third kappa shape index (κ3) is 3.96. The molecule has 1 aromatic carbocycles. The Morgan fingerprint density at radius 3 is 2.86 bits per heavy atom. The number of piperazine rings is 1. The van der Waals surface area contributed by atoms with E-state index in [2.05, 4.69) is 14.9 Å². The Bertz CT molecular complexity index is 966. The lowest BCUT2D eigenvalue weighted by atomic mass is 10.2. The van der Waals surface area contributed by atoms with Gasteiger partial charge in [-0.05, 0) is 30.5 Å². The molecule has 1 amide bonds. The van der Waals surface area contributed by atoms with Gasteiger partial charge in [0.15, 0.2) is 0 Å². The number of hydrogen-bond acceptors (Lipinski definition) is 6. The number of nitrogens with zero attached hydrogens (tertiary/aromatic N) is 4. The highest BCUT2D eigenvalue weighted by molar-refractivity contribution is 7.12. The Morgan fingerprint density at radius 2 is 2.11 bits per heavy atom. The second-order valence-electron chi connectivity index (χ2n) is 6.54. The Hall–Kier alpha value is -3.00. The molecule has 0 aliphatic carbocycles. The Kier molecular flexibility index (Phi) is 5.21. The fourth-order valence-electron chi connectivity index (χ4n) is 3.22. The topological polar surface area (TPSA) is 58.6 Å². The molecule has 1 aliphatic heterocycles. The third-order valence-electron chi connectivity index (χ3n) is 4.59. The second-order valence-corrected chi connectivity index (χ2v) is 7.49. The molecule has 6 nitrogen and oxygen atoms in total. The zero-order chi connectivity index (χ0) is 19.5. The van der Waals surface area contributed by atoms with Gasteiger partial charge < -0.3 is 14.5 Å². The van der Waals surface area contributed by atoms with Gasteiger partial charge in [-0.15, -0.1) is 11.3 Å². The average Bonchev–Trinajstić information content (AvgIpc) is 3.22. The van der Waals surface area contributed by atoms with Crippen molar-refractivity contribution < 1.29 is 13.9 Å². The summed E-state index contributed by atoms with van der Waals surface area (Å²) in [7, 11) is 0. The smallest absolute Gasteiger partial charge is 0.264 e. The van der Waals surface area contributed by atoms with Crippen LogP contribution in [0.25, 0.3) is 0 Å². The molecule has 1 aliphatic rings. The first-order valence-electron chi connectivity index (χ1n) is 8.95. The summed E-state index contributed by atoms with van der Waals surface area (Å²) in [5.41, 5.74) is 0. The van der Waals surface area contributed by atoms with Gasteiger partial charge in [-0.1, -0.05) is 12.1 Å². The summed E-state index contributed by atoms with van der Waals surface area (Å²) >= 11 is 1.46.